The Kier molecular flexibility index (Phi) is 3.28. The molecule has 0 bridgehead atoms. The summed E-state index contributed by atoms with van der Waals surface area (Å²) >= 11 is 1.45. The second-order valence-corrected chi connectivity index (χ2v) is 5.34. The van der Waals surface area contributed by atoms with Crippen LogP contribution in [0.2, 0.25) is 0 Å². The first-order valence-electron chi connectivity index (χ1n) is 5.81. The molecule has 1 saturated carbocycles. The fraction of sp³-hybridized carbons (Fsp3) is 0.583. The normalized spacial score (nSPS) is 14.8. The zero-order valence-electron chi connectivity index (χ0n) is 10.4. The molecule has 0 saturated heterocycles. The first-order chi connectivity index (χ1) is 8.10. The zero-order valence-corrected chi connectivity index (χ0v) is 11.3. The number of anilines is 2. The summed E-state index contributed by atoms with van der Waals surface area (Å²) in [4.78, 5) is 14.8. The highest BCUT2D eigenvalue weighted by atomic mass is 32.1. The number of nitrogen functional groups attached to an aromatic ring is 1. The van der Waals surface area contributed by atoms with E-state index in [-0.39, 0.29) is 11.7 Å². The van der Waals surface area contributed by atoms with Crippen molar-refractivity contribution in [1.29, 1.82) is 0 Å². The molecule has 0 aromatic carbocycles. The third kappa shape index (κ3) is 2.11. The van der Waals surface area contributed by atoms with Crippen molar-refractivity contribution >= 4 is 27.8 Å². The molecule has 4 nitrogen and oxygen atoms in total. The monoisotopic (exact) mass is 254 g/mol. The number of carbonyl (C=O) groups excluding carboxylic acids is 1. The smallest absolute Gasteiger partial charge is 0.178 e. The van der Waals surface area contributed by atoms with Gasteiger partial charge in [0.1, 0.15) is 5.00 Å². The van der Waals surface area contributed by atoms with E-state index < -0.39 is 0 Å². The average molecular weight is 254 g/mol. The summed E-state index contributed by atoms with van der Waals surface area (Å²) in [5.74, 6) is 1.02. The number of carbonyl (C=O) groups is 1. The minimum atomic E-state index is 0.182. The molecular weight excluding hydrogens is 236 g/mol. The van der Waals surface area contributed by atoms with Crippen LogP contribution in [0.1, 0.15) is 29.4 Å². The van der Waals surface area contributed by atoms with Crippen LogP contribution >= 0.6 is 11.3 Å². The van der Waals surface area contributed by atoms with Crippen molar-refractivity contribution in [3.8, 4) is 5.75 Å². The molecule has 1 aromatic rings. The lowest BCUT2D eigenvalue weighted by molar-refractivity contribution is 0.0972. The molecule has 1 aliphatic rings. The van der Waals surface area contributed by atoms with Crippen LogP contribution in [-0.4, -0.2) is 26.5 Å². The average Bonchev–Trinajstić information content (AvgIpc) is 3.11. The van der Waals surface area contributed by atoms with E-state index in [1.165, 1.54) is 11.3 Å². The molecule has 0 aliphatic heterocycles. The van der Waals surface area contributed by atoms with Gasteiger partial charge in [-0.2, -0.15) is 0 Å². The van der Waals surface area contributed by atoms with Gasteiger partial charge in [0, 0.05) is 19.5 Å². The Labute approximate surface area is 105 Å². The molecule has 1 aromatic heterocycles. The van der Waals surface area contributed by atoms with Gasteiger partial charge in [0.15, 0.2) is 11.5 Å². The van der Waals surface area contributed by atoms with Gasteiger partial charge in [-0.05, 0) is 19.8 Å². The number of Topliss-reactive ketones (excluding diaryl/α,β-unsaturated/α-hetero) is 1. The van der Waals surface area contributed by atoms with Gasteiger partial charge in [-0.1, -0.05) is 0 Å². The number of nitrogens with zero attached hydrogens (tertiary/aromatic N) is 1. The van der Waals surface area contributed by atoms with Crippen LogP contribution in [0.15, 0.2) is 0 Å². The summed E-state index contributed by atoms with van der Waals surface area (Å²) in [5.41, 5.74) is 6.52. The maximum absolute atomic E-state index is 12.1. The molecule has 1 heterocycles. The number of rotatable bonds is 5. The largest absolute Gasteiger partial charge is 0.492 e. The van der Waals surface area contributed by atoms with Crippen LogP contribution < -0.4 is 15.4 Å². The van der Waals surface area contributed by atoms with E-state index in [0.717, 1.165) is 24.4 Å². The fourth-order valence-electron chi connectivity index (χ4n) is 1.72. The second-order valence-electron chi connectivity index (χ2n) is 4.34. The van der Waals surface area contributed by atoms with E-state index in [2.05, 4.69) is 6.92 Å². The highest BCUT2D eigenvalue weighted by Gasteiger charge is 2.34. The van der Waals surface area contributed by atoms with Gasteiger partial charge in [-0.15, -0.1) is 11.3 Å². The summed E-state index contributed by atoms with van der Waals surface area (Å²) in [7, 11) is 3.57. The fourth-order valence-corrected chi connectivity index (χ4v) is 2.96. The van der Waals surface area contributed by atoms with Gasteiger partial charge >= 0.3 is 0 Å². The molecule has 0 spiro atoms. The molecule has 0 unspecified atom stereocenters. The van der Waals surface area contributed by atoms with Crippen molar-refractivity contribution in [3.05, 3.63) is 4.88 Å². The van der Waals surface area contributed by atoms with Crippen LogP contribution in [-0.2, 0) is 0 Å². The lowest BCUT2D eigenvalue weighted by Crippen LogP contribution is -2.15. The summed E-state index contributed by atoms with van der Waals surface area (Å²) in [6.07, 6.45) is 1.99. The van der Waals surface area contributed by atoms with E-state index >= 15 is 0 Å². The lowest BCUT2D eigenvalue weighted by atomic mass is 10.2. The second kappa shape index (κ2) is 4.56. The van der Waals surface area contributed by atoms with Crippen LogP contribution in [0.25, 0.3) is 0 Å². The first kappa shape index (κ1) is 12.2. The standard InChI is InChI=1S/C12H18N2O2S/c1-4-14(2)12-10(16-3)8(13)11(17-12)9(15)7-5-6-7/h7H,4-6,13H2,1-3H3. The minimum Gasteiger partial charge on any atom is -0.492 e. The van der Waals surface area contributed by atoms with Gasteiger partial charge < -0.3 is 15.4 Å². The van der Waals surface area contributed by atoms with Crippen molar-refractivity contribution in [2.24, 2.45) is 5.92 Å². The van der Waals surface area contributed by atoms with Crippen molar-refractivity contribution in [2.45, 2.75) is 19.8 Å². The van der Waals surface area contributed by atoms with E-state index in [1.807, 2.05) is 11.9 Å². The van der Waals surface area contributed by atoms with Crippen LogP contribution in [0.3, 0.4) is 0 Å². The van der Waals surface area contributed by atoms with Crippen molar-refractivity contribution < 1.29 is 9.53 Å². The third-order valence-electron chi connectivity index (χ3n) is 3.08. The Morgan fingerprint density at radius 3 is 2.71 bits per heavy atom. The van der Waals surface area contributed by atoms with E-state index in [0.29, 0.717) is 16.3 Å². The molecule has 0 atom stereocenters. The SMILES string of the molecule is CCN(C)c1sc(C(=O)C2CC2)c(N)c1OC. The van der Waals surface area contributed by atoms with Gasteiger partial charge in [0.05, 0.1) is 17.7 Å². The lowest BCUT2D eigenvalue weighted by Gasteiger charge is -2.15. The summed E-state index contributed by atoms with van der Waals surface area (Å²) in [6.45, 7) is 2.91. The molecule has 0 radical (unpaired) electrons. The maximum atomic E-state index is 12.1. The number of ketones is 1. The Bertz CT molecular complexity index is 438. The van der Waals surface area contributed by atoms with Crippen molar-refractivity contribution in [3.63, 3.8) is 0 Å². The Hall–Kier alpha value is -1.23. The molecular formula is C12H18N2O2S. The zero-order chi connectivity index (χ0) is 12.6. The Morgan fingerprint density at radius 1 is 1.59 bits per heavy atom. The van der Waals surface area contributed by atoms with E-state index in [1.54, 1.807) is 7.11 Å². The quantitative estimate of drug-likeness (QED) is 0.820. The molecule has 5 heteroatoms. The van der Waals surface area contributed by atoms with Crippen LogP contribution in [0, 0.1) is 5.92 Å². The van der Waals surface area contributed by atoms with Gasteiger partial charge in [-0.3, -0.25) is 4.79 Å². The van der Waals surface area contributed by atoms with Crippen LogP contribution in [0.5, 0.6) is 5.75 Å². The minimum absolute atomic E-state index is 0.182. The predicted octanol–water partition coefficient (Wildman–Crippen LogP) is 2.39. The third-order valence-corrected chi connectivity index (χ3v) is 4.39. The molecule has 1 fully saturated rings. The number of hydrogen-bond donors (Lipinski definition) is 1. The van der Waals surface area contributed by atoms with E-state index in [4.69, 9.17) is 10.5 Å². The summed E-state index contributed by atoms with van der Waals surface area (Å²) in [6, 6.07) is 0. The number of thiophene rings is 1. The van der Waals surface area contributed by atoms with E-state index in [9.17, 15) is 4.79 Å². The highest BCUT2D eigenvalue weighted by molar-refractivity contribution is 7.19. The predicted molar refractivity (Wildman–Crippen MR) is 71.3 cm³/mol. The van der Waals surface area contributed by atoms with Gasteiger partial charge in [0.25, 0.3) is 0 Å². The van der Waals surface area contributed by atoms with Crippen molar-refractivity contribution in [2.75, 3.05) is 31.3 Å². The molecule has 94 valence electrons. The topological polar surface area (TPSA) is 55.6 Å². The molecule has 17 heavy (non-hydrogen) atoms. The Morgan fingerprint density at radius 2 is 2.24 bits per heavy atom. The van der Waals surface area contributed by atoms with Gasteiger partial charge in [0.2, 0.25) is 0 Å². The summed E-state index contributed by atoms with van der Waals surface area (Å²) in [5, 5.41) is 0.941. The number of hydrogen-bond acceptors (Lipinski definition) is 5. The highest BCUT2D eigenvalue weighted by Crippen LogP contribution is 2.47. The molecule has 1 aliphatic carbocycles. The van der Waals surface area contributed by atoms with Crippen LogP contribution in [0.4, 0.5) is 10.7 Å². The maximum Gasteiger partial charge on any atom is 0.178 e. The molecule has 0 amide bonds. The molecule has 2 rings (SSSR count). The number of methoxy groups -OCH3 is 1. The number of ether oxygens (including phenoxy) is 1. The number of nitrogens with two attached hydrogens (primary N) is 1. The first-order valence-corrected chi connectivity index (χ1v) is 6.63. The Balaban J connectivity index is 2.40. The summed E-state index contributed by atoms with van der Waals surface area (Å²) < 4.78 is 5.32. The van der Waals surface area contributed by atoms with Crippen molar-refractivity contribution in [1.82, 2.24) is 0 Å². The molecule has 2 N–H and O–H groups in total. The van der Waals surface area contributed by atoms with Gasteiger partial charge in [-0.25, -0.2) is 0 Å².